The number of halogens is 3. The maximum absolute atomic E-state index is 13.5. The molecule has 0 atom stereocenters. The van der Waals surface area contributed by atoms with Crippen molar-refractivity contribution in [1.29, 1.82) is 0 Å². The minimum atomic E-state index is -4.62. The molecule has 3 heterocycles. The van der Waals surface area contributed by atoms with E-state index in [0.717, 1.165) is 29.0 Å². The zero-order valence-corrected chi connectivity index (χ0v) is 19.8. The van der Waals surface area contributed by atoms with Crippen molar-refractivity contribution < 1.29 is 18.0 Å². The third kappa shape index (κ3) is 5.26. The van der Waals surface area contributed by atoms with Gasteiger partial charge in [-0.15, -0.1) is 0 Å². The van der Waals surface area contributed by atoms with Crippen LogP contribution in [-0.4, -0.2) is 31.9 Å². The smallest absolute Gasteiger partial charge is 0.322 e. The molecule has 0 saturated heterocycles. The van der Waals surface area contributed by atoms with Crippen molar-refractivity contribution in [3.63, 3.8) is 0 Å². The van der Waals surface area contributed by atoms with Crippen LogP contribution < -0.4 is 5.32 Å². The number of amides is 1. The Morgan fingerprint density at radius 3 is 2.65 bits per heavy atom. The fourth-order valence-corrected chi connectivity index (χ4v) is 3.74. The number of fused-ring (bicyclic) bond motifs is 1. The minimum Gasteiger partial charge on any atom is -0.322 e. The number of nitrogens with one attached hydrogen (secondary N) is 1. The second-order valence-electron chi connectivity index (χ2n) is 8.47. The Hall–Kier alpha value is -4.78. The van der Waals surface area contributed by atoms with Gasteiger partial charge >= 0.3 is 6.18 Å². The number of aryl methyl sites for hydroxylation is 2. The minimum absolute atomic E-state index is 0.0259. The van der Waals surface area contributed by atoms with Crippen LogP contribution in [0.4, 0.5) is 18.9 Å². The molecule has 5 rings (SSSR count). The first-order valence-electron chi connectivity index (χ1n) is 11.2. The second kappa shape index (κ2) is 9.35. The van der Waals surface area contributed by atoms with E-state index in [0.29, 0.717) is 23.5 Å². The molecule has 1 aliphatic rings. The van der Waals surface area contributed by atoms with Gasteiger partial charge in [0.1, 0.15) is 12.2 Å². The molecular weight excluding hydrogens is 481 g/mol. The van der Waals surface area contributed by atoms with Gasteiger partial charge in [-0.1, -0.05) is 17.9 Å². The number of hydrogen-bond acceptors (Lipinski definition) is 5. The first-order valence-corrected chi connectivity index (χ1v) is 11.2. The molecule has 7 nitrogen and oxygen atoms in total. The van der Waals surface area contributed by atoms with Gasteiger partial charge in [0.25, 0.3) is 5.91 Å². The highest BCUT2D eigenvalue weighted by Gasteiger charge is 2.31. The SMILES string of the molecule is Cc1ncn(-c2cc(NC(=O)c3ccc(C)c(C#Cc4cnc5c(c4)C=NC5)c3)cc(C(F)(F)F)c2)n1. The molecule has 2 aromatic carbocycles. The van der Waals surface area contributed by atoms with Crippen LogP contribution in [0.2, 0.25) is 0 Å². The summed E-state index contributed by atoms with van der Waals surface area (Å²) < 4.78 is 41.8. The van der Waals surface area contributed by atoms with Crippen molar-refractivity contribution >= 4 is 17.8 Å². The van der Waals surface area contributed by atoms with E-state index in [1.807, 2.05) is 13.0 Å². The van der Waals surface area contributed by atoms with E-state index in [4.69, 9.17) is 0 Å². The lowest BCUT2D eigenvalue weighted by Gasteiger charge is -2.13. The monoisotopic (exact) mass is 500 g/mol. The van der Waals surface area contributed by atoms with Crippen molar-refractivity contribution in [2.75, 3.05) is 5.32 Å². The Morgan fingerprint density at radius 2 is 1.89 bits per heavy atom. The summed E-state index contributed by atoms with van der Waals surface area (Å²) in [5, 5.41) is 6.63. The Bertz CT molecular complexity index is 1630. The van der Waals surface area contributed by atoms with Crippen LogP contribution >= 0.6 is 0 Å². The molecule has 0 aliphatic carbocycles. The lowest BCUT2D eigenvalue weighted by Crippen LogP contribution is -2.14. The average molecular weight is 500 g/mol. The number of carbonyl (C=O) groups excluding carboxylic acids is 1. The van der Waals surface area contributed by atoms with E-state index in [9.17, 15) is 18.0 Å². The van der Waals surface area contributed by atoms with Gasteiger partial charge in [0, 0.05) is 40.4 Å². The fraction of sp³-hybridized carbons (Fsp3) is 0.148. The lowest BCUT2D eigenvalue weighted by molar-refractivity contribution is -0.137. The van der Waals surface area contributed by atoms with Crippen molar-refractivity contribution in [2.24, 2.45) is 4.99 Å². The van der Waals surface area contributed by atoms with Crippen molar-refractivity contribution in [1.82, 2.24) is 19.7 Å². The molecule has 1 N–H and O–H groups in total. The van der Waals surface area contributed by atoms with Crippen LogP contribution in [0.15, 0.2) is 60.0 Å². The Kier molecular flexibility index (Phi) is 6.05. The van der Waals surface area contributed by atoms with E-state index in [1.165, 1.54) is 17.1 Å². The Balaban J connectivity index is 1.42. The van der Waals surface area contributed by atoms with Crippen molar-refractivity contribution in [3.8, 4) is 17.5 Å². The zero-order valence-electron chi connectivity index (χ0n) is 19.8. The topological polar surface area (TPSA) is 85.1 Å². The van der Waals surface area contributed by atoms with Crippen LogP contribution in [0, 0.1) is 25.7 Å². The second-order valence-corrected chi connectivity index (χ2v) is 8.47. The standard InChI is InChI=1S/C27H19F3N6O/c1-16-3-5-20(8-19(16)6-4-18-7-21-13-31-14-25(21)32-12-18)26(37)34-23-9-22(27(28,29)30)10-24(11-23)36-15-33-17(2)35-36/h3,5,7-13,15H,14H2,1-2H3,(H,34,37). The highest BCUT2D eigenvalue weighted by Crippen LogP contribution is 2.33. The number of alkyl halides is 3. The summed E-state index contributed by atoms with van der Waals surface area (Å²) in [5.74, 6) is 5.94. The van der Waals surface area contributed by atoms with Gasteiger partial charge in [0.05, 0.1) is 23.5 Å². The van der Waals surface area contributed by atoms with Gasteiger partial charge in [-0.3, -0.25) is 14.8 Å². The number of nitrogens with zero attached hydrogens (tertiary/aromatic N) is 5. The third-order valence-electron chi connectivity index (χ3n) is 5.69. The molecule has 0 radical (unpaired) electrons. The molecule has 1 aliphatic heterocycles. The molecule has 2 aromatic heterocycles. The maximum atomic E-state index is 13.5. The molecule has 10 heteroatoms. The lowest BCUT2D eigenvalue weighted by atomic mass is 10.0. The number of aliphatic imine (C=N–C) groups is 1. The van der Waals surface area contributed by atoms with Crippen LogP contribution in [-0.2, 0) is 12.7 Å². The number of anilines is 1. The van der Waals surface area contributed by atoms with Gasteiger partial charge in [-0.05, 0) is 55.8 Å². The molecule has 0 fully saturated rings. The van der Waals surface area contributed by atoms with Crippen molar-refractivity contribution in [2.45, 2.75) is 26.6 Å². The van der Waals surface area contributed by atoms with Gasteiger partial charge in [-0.2, -0.15) is 18.3 Å². The highest BCUT2D eigenvalue weighted by atomic mass is 19.4. The van der Waals surface area contributed by atoms with Crippen molar-refractivity contribution in [3.05, 3.63) is 99.9 Å². The van der Waals surface area contributed by atoms with E-state index in [2.05, 4.69) is 37.2 Å². The van der Waals surface area contributed by atoms with Crippen LogP contribution in [0.1, 0.15) is 49.7 Å². The number of rotatable bonds is 3. The number of aromatic nitrogens is 4. The van der Waals surface area contributed by atoms with Crippen LogP contribution in [0.25, 0.3) is 5.69 Å². The predicted molar refractivity (Wildman–Crippen MR) is 132 cm³/mol. The highest BCUT2D eigenvalue weighted by molar-refractivity contribution is 6.04. The molecule has 0 spiro atoms. The third-order valence-corrected chi connectivity index (χ3v) is 5.69. The van der Waals surface area contributed by atoms with Crippen LogP contribution in [0.5, 0.6) is 0 Å². The first-order chi connectivity index (χ1) is 17.7. The van der Waals surface area contributed by atoms with E-state index < -0.39 is 17.6 Å². The van der Waals surface area contributed by atoms with E-state index in [1.54, 1.807) is 37.5 Å². The van der Waals surface area contributed by atoms with Crippen LogP contribution in [0.3, 0.4) is 0 Å². The molecule has 1 amide bonds. The molecule has 0 saturated carbocycles. The number of carbonyl (C=O) groups is 1. The van der Waals surface area contributed by atoms with Gasteiger partial charge < -0.3 is 5.32 Å². The fourth-order valence-electron chi connectivity index (χ4n) is 3.74. The number of hydrogen-bond donors (Lipinski definition) is 1. The number of benzene rings is 2. The molecule has 184 valence electrons. The maximum Gasteiger partial charge on any atom is 0.416 e. The quantitative estimate of drug-likeness (QED) is 0.406. The molecule has 37 heavy (non-hydrogen) atoms. The van der Waals surface area contributed by atoms with E-state index >= 15 is 0 Å². The molecule has 0 unspecified atom stereocenters. The van der Waals surface area contributed by atoms with Gasteiger partial charge in [0.2, 0.25) is 0 Å². The predicted octanol–water partition coefficient (Wildman–Crippen LogP) is 4.88. The summed E-state index contributed by atoms with van der Waals surface area (Å²) in [6, 6.07) is 10.1. The zero-order chi connectivity index (χ0) is 26.2. The average Bonchev–Trinajstić information content (AvgIpc) is 3.51. The summed E-state index contributed by atoms with van der Waals surface area (Å²) in [7, 11) is 0. The largest absolute Gasteiger partial charge is 0.416 e. The summed E-state index contributed by atoms with van der Waals surface area (Å²) >= 11 is 0. The summed E-state index contributed by atoms with van der Waals surface area (Å²) in [4.78, 5) is 25.5. The normalized spacial score (nSPS) is 12.1. The Morgan fingerprint density at radius 1 is 1.05 bits per heavy atom. The molecule has 0 bridgehead atoms. The Labute approximate surface area is 210 Å². The summed E-state index contributed by atoms with van der Waals surface area (Å²) in [6.07, 6.45) is 0.127. The van der Waals surface area contributed by atoms with Gasteiger partial charge in [0.15, 0.2) is 0 Å². The summed E-state index contributed by atoms with van der Waals surface area (Å²) in [6.45, 7) is 4.05. The summed E-state index contributed by atoms with van der Waals surface area (Å²) in [5.41, 5.74) is 3.43. The first kappa shape index (κ1) is 23.9. The molecular formula is C27H19F3N6O. The molecule has 4 aromatic rings. The number of pyridine rings is 1. The van der Waals surface area contributed by atoms with E-state index in [-0.39, 0.29) is 16.9 Å². The van der Waals surface area contributed by atoms with Gasteiger partial charge in [-0.25, -0.2) is 9.67 Å².